The van der Waals surface area contributed by atoms with Gasteiger partial charge in [-0.25, -0.2) is 9.48 Å². The number of nitrogens with zero attached hydrogens (tertiary/aromatic N) is 2. The van der Waals surface area contributed by atoms with Crippen LogP contribution in [0.25, 0.3) is 10.8 Å². The number of aromatic nitrogens is 2. The number of esters is 2. The van der Waals surface area contributed by atoms with E-state index in [1.54, 1.807) is 44.2 Å². The standard InChI is InChI=1S/C21H21N3O6S/c1-4-29-21(28)19-12(2)9-17(31-19)22-16(25)11-30-18(26)10-15-13-7-5-6-8-14(13)20(27)24(3)23-15/h5-9H,4,10-11H2,1-3H3,(H,22,25). The molecule has 3 rings (SSSR count). The maximum Gasteiger partial charge on any atom is 0.348 e. The summed E-state index contributed by atoms with van der Waals surface area (Å²) in [5, 5.41) is 8.20. The molecule has 2 aromatic heterocycles. The van der Waals surface area contributed by atoms with E-state index in [1.165, 1.54) is 7.05 Å². The van der Waals surface area contributed by atoms with Gasteiger partial charge in [-0.05, 0) is 31.5 Å². The van der Waals surface area contributed by atoms with Gasteiger partial charge in [0, 0.05) is 12.4 Å². The van der Waals surface area contributed by atoms with Crippen LogP contribution in [-0.4, -0.2) is 40.8 Å². The van der Waals surface area contributed by atoms with Crippen LogP contribution in [0.15, 0.2) is 35.1 Å². The van der Waals surface area contributed by atoms with Gasteiger partial charge in [0.2, 0.25) is 0 Å². The highest BCUT2D eigenvalue weighted by atomic mass is 32.1. The lowest BCUT2D eigenvalue weighted by Crippen LogP contribution is -2.24. The number of rotatable bonds is 7. The van der Waals surface area contributed by atoms with E-state index in [2.05, 4.69) is 10.4 Å². The summed E-state index contributed by atoms with van der Waals surface area (Å²) in [6, 6.07) is 8.50. The molecule has 0 unspecified atom stereocenters. The first-order chi connectivity index (χ1) is 14.8. The summed E-state index contributed by atoms with van der Waals surface area (Å²) >= 11 is 1.09. The average Bonchev–Trinajstić information content (AvgIpc) is 3.10. The van der Waals surface area contributed by atoms with E-state index in [-0.39, 0.29) is 18.6 Å². The van der Waals surface area contributed by atoms with E-state index < -0.39 is 24.5 Å². The molecule has 162 valence electrons. The average molecular weight is 443 g/mol. The van der Waals surface area contributed by atoms with Crippen molar-refractivity contribution in [1.82, 2.24) is 9.78 Å². The fourth-order valence-corrected chi connectivity index (χ4v) is 3.94. The van der Waals surface area contributed by atoms with Crippen molar-refractivity contribution in [2.45, 2.75) is 20.3 Å². The summed E-state index contributed by atoms with van der Waals surface area (Å²) in [5.74, 6) is -1.64. The molecule has 0 aliphatic rings. The second kappa shape index (κ2) is 9.52. The van der Waals surface area contributed by atoms with E-state index >= 15 is 0 Å². The lowest BCUT2D eigenvalue weighted by molar-refractivity contribution is -0.146. The first-order valence-electron chi connectivity index (χ1n) is 9.48. The number of fused-ring (bicyclic) bond motifs is 1. The van der Waals surface area contributed by atoms with Gasteiger partial charge in [0.25, 0.3) is 11.5 Å². The molecule has 0 aliphatic heterocycles. The number of amides is 1. The van der Waals surface area contributed by atoms with E-state index in [4.69, 9.17) is 9.47 Å². The van der Waals surface area contributed by atoms with Crippen molar-refractivity contribution in [3.8, 4) is 0 Å². The van der Waals surface area contributed by atoms with Crippen molar-refractivity contribution in [3.05, 3.63) is 56.8 Å². The van der Waals surface area contributed by atoms with Gasteiger partial charge in [0.1, 0.15) is 4.88 Å². The highest BCUT2D eigenvalue weighted by Crippen LogP contribution is 2.27. The summed E-state index contributed by atoms with van der Waals surface area (Å²) in [6.45, 7) is 3.22. The predicted molar refractivity (Wildman–Crippen MR) is 115 cm³/mol. The fraction of sp³-hybridized carbons (Fsp3) is 0.286. The minimum Gasteiger partial charge on any atom is -0.462 e. The second-order valence-electron chi connectivity index (χ2n) is 6.65. The largest absolute Gasteiger partial charge is 0.462 e. The number of carbonyl (C=O) groups is 3. The fourth-order valence-electron chi connectivity index (χ4n) is 2.96. The Morgan fingerprint density at radius 2 is 1.87 bits per heavy atom. The molecule has 0 bridgehead atoms. The zero-order valence-corrected chi connectivity index (χ0v) is 18.1. The quantitative estimate of drug-likeness (QED) is 0.557. The highest BCUT2D eigenvalue weighted by Gasteiger charge is 2.17. The van der Waals surface area contributed by atoms with E-state index in [0.29, 0.717) is 31.9 Å². The molecule has 1 N–H and O–H groups in total. The summed E-state index contributed by atoms with van der Waals surface area (Å²) in [6.07, 6.45) is -0.187. The number of carbonyl (C=O) groups excluding carboxylic acids is 3. The second-order valence-corrected chi connectivity index (χ2v) is 7.70. The summed E-state index contributed by atoms with van der Waals surface area (Å²) in [4.78, 5) is 48.8. The van der Waals surface area contributed by atoms with E-state index in [9.17, 15) is 19.2 Å². The van der Waals surface area contributed by atoms with Crippen LogP contribution < -0.4 is 10.9 Å². The number of benzene rings is 1. The Bertz CT molecular complexity index is 1210. The van der Waals surface area contributed by atoms with E-state index in [1.807, 2.05) is 0 Å². The minimum atomic E-state index is -0.652. The van der Waals surface area contributed by atoms with Crippen LogP contribution in [-0.2, 0) is 32.5 Å². The SMILES string of the molecule is CCOC(=O)c1sc(NC(=O)COC(=O)Cc2nn(C)c(=O)c3ccccc23)cc1C. The molecule has 3 aromatic rings. The maximum atomic E-state index is 12.2. The molecule has 0 radical (unpaired) electrons. The predicted octanol–water partition coefficient (Wildman–Crippen LogP) is 2.20. The molecular weight excluding hydrogens is 422 g/mol. The third kappa shape index (κ3) is 5.15. The third-order valence-electron chi connectivity index (χ3n) is 4.35. The Morgan fingerprint density at radius 3 is 2.58 bits per heavy atom. The van der Waals surface area contributed by atoms with Crippen LogP contribution >= 0.6 is 11.3 Å². The molecule has 0 aliphatic carbocycles. The van der Waals surface area contributed by atoms with Crippen LogP contribution in [0.2, 0.25) is 0 Å². The van der Waals surface area contributed by atoms with Crippen molar-refractivity contribution < 1.29 is 23.9 Å². The summed E-state index contributed by atoms with van der Waals surface area (Å²) in [7, 11) is 1.50. The molecule has 0 saturated heterocycles. The van der Waals surface area contributed by atoms with Crippen LogP contribution in [0.1, 0.15) is 27.9 Å². The van der Waals surface area contributed by atoms with E-state index in [0.717, 1.165) is 16.0 Å². The summed E-state index contributed by atoms with van der Waals surface area (Å²) < 4.78 is 11.2. The monoisotopic (exact) mass is 443 g/mol. The molecule has 0 spiro atoms. The first kappa shape index (κ1) is 22.2. The normalized spacial score (nSPS) is 10.7. The molecular formula is C21H21N3O6S. The van der Waals surface area contributed by atoms with Gasteiger partial charge in [-0.2, -0.15) is 5.10 Å². The Labute approximate surface area is 181 Å². The molecule has 0 atom stereocenters. The van der Waals surface area contributed by atoms with Crippen molar-refractivity contribution in [2.75, 3.05) is 18.5 Å². The number of hydrogen-bond donors (Lipinski definition) is 1. The Kier molecular flexibility index (Phi) is 6.81. The third-order valence-corrected chi connectivity index (χ3v) is 5.48. The number of anilines is 1. The van der Waals surface area contributed by atoms with Crippen LogP contribution in [0, 0.1) is 6.92 Å². The number of ether oxygens (including phenoxy) is 2. The molecule has 10 heteroatoms. The highest BCUT2D eigenvalue weighted by molar-refractivity contribution is 7.18. The number of hydrogen-bond acceptors (Lipinski definition) is 8. The Morgan fingerprint density at radius 1 is 1.16 bits per heavy atom. The first-order valence-corrected chi connectivity index (χ1v) is 10.3. The van der Waals surface area contributed by atoms with Crippen molar-refractivity contribution >= 4 is 45.0 Å². The zero-order valence-electron chi connectivity index (χ0n) is 17.3. The number of thiophene rings is 1. The van der Waals surface area contributed by atoms with Crippen LogP contribution in [0.3, 0.4) is 0 Å². The van der Waals surface area contributed by atoms with Gasteiger partial charge in [-0.1, -0.05) is 18.2 Å². The lowest BCUT2D eigenvalue weighted by Gasteiger charge is -2.08. The lowest BCUT2D eigenvalue weighted by atomic mass is 10.1. The number of aryl methyl sites for hydroxylation is 2. The van der Waals surface area contributed by atoms with Crippen molar-refractivity contribution in [1.29, 1.82) is 0 Å². The Balaban J connectivity index is 1.61. The zero-order chi connectivity index (χ0) is 22.5. The number of nitrogens with one attached hydrogen (secondary N) is 1. The maximum absolute atomic E-state index is 12.2. The molecule has 31 heavy (non-hydrogen) atoms. The van der Waals surface area contributed by atoms with Gasteiger partial charge in [-0.15, -0.1) is 11.3 Å². The molecule has 0 fully saturated rings. The molecule has 1 amide bonds. The van der Waals surface area contributed by atoms with Gasteiger partial charge in [0.15, 0.2) is 6.61 Å². The smallest absolute Gasteiger partial charge is 0.348 e. The molecule has 9 nitrogen and oxygen atoms in total. The van der Waals surface area contributed by atoms with Gasteiger partial charge >= 0.3 is 11.9 Å². The van der Waals surface area contributed by atoms with Gasteiger partial charge in [0.05, 0.1) is 29.1 Å². The van der Waals surface area contributed by atoms with Gasteiger partial charge < -0.3 is 14.8 Å². The van der Waals surface area contributed by atoms with Crippen molar-refractivity contribution in [2.24, 2.45) is 7.05 Å². The molecule has 2 heterocycles. The van der Waals surface area contributed by atoms with Gasteiger partial charge in [-0.3, -0.25) is 14.4 Å². The van der Waals surface area contributed by atoms with Crippen molar-refractivity contribution in [3.63, 3.8) is 0 Å². The van der Waals surface area contributed by atoms with Crippen LogP contribution in [0.5, 0.6) is 0 Å². The van der Waals surface area contributed by atoms with Crippen LogP contribution in [0.4, 0.5) is 5.00 Å². The summed E-state index contributed by atoms with van der Waals surface area (Å²) in [5.41, 5.74) is 0.806. The Hall–Kier alpha value is -3.53. The minimum absolute atomic E-state index is 0.187. The molecule has 1 aromatic carbocycles. The molecule has 0 saturated carbocycles. The topological polar surface area (TPSA) is 117 Å².